The largest absolute Gasteiger partial charge is 0.285 e. The minimum Gasteiger partial charge on any atom is -0.285 e. The van der Waals surface area contributed by atoms with Crippen LogP contribution in [0, 0.1) is 0 Å². The molecule has 5 aromatic carbocycles. The fourth-order valence-electron chi connectivity index (χ4n) is 4.21. The van der Waals surface area contributed by atoms with Crippen molar-refractivity contribution in [2.24, 2.45) is 0 Å². The zero-order valence-corrected chi connectivity index (χ0v) is 20.3. The monoisotopic (exact) mass is 494 g/mol. The second kappa shape index (κ2) is 10.8. The van der Waals surface area contributed by atoms with Crippen LogP contribution >= 0.6 is 0 Å². The summed E-state index contributed by atoms with van der Waals surface area (Å²) in [5, 5.41) is 0. The molecule has 0 fully saturated rings. The van der Waals surface area contributed by atoms with Gasteiger partial charge >= 0.3 is 0 Å². The molecular formula is C34H22O4. The first-order valence-electron chi connectivity index (χ1n) is 12.1. The maximum atomic E-state index is 12.6. The summed E-state index contributed by atoms with van der Waals surface area (Å²) in [5.41, 5.74) is 5.09. The molecule has 0 aliphatic carbocycles. The van der Waals surface area contributed by atoms with Gasteiger partial charge in [-0.2, -0.15) is 0 Å². The third-order valence-corrected chi connectivity index (χ3v) is 6.31. The summed E-state index contributed by atoms with van der Waals surface area (Å²) in [4.78, 5) is 50.2. The highest BCUT2D eigenvalue weighted by Gasteiger charge is 2.19. The van der Waals surface area contributed by atoms with E-state index in [9.17, 15) is 19.2 Å². The second-order valence-corrected chi connectivity index (χ2v) is 8.78. The molecule has 0 saturated heterocycles. The van der Waals surface area contributed by atoms with Gasteiger partial charge in [0.2, 0.25) is 23.1 Å². The molecule has 4 heteroatoms. The quantitative estimate of drug-likeness (QED) is 0.170. The molecule has 0 unspecified atom stereocenters. The first kappa shape index (κ1) is 24.5. The Hall–Kier alpha value is -5.22. The highest BCUT2D eigenvalue weighted by molar-refractivity contribution is 6.49. The van der Waals surface area contributed by atoms with Crippen molar-refractivity contribution in [3.63, 3.8) is 0 Å². The Morgan fingerprint density at radius 1 is 0.289 bits per heavy atom. The molecule has 182 valence electrons. The van der Waals surface area contributed by atoms with Crippen LogP contribution in [0.4, 0.5) is 0 Å². The van der Waals surface area contributed by atoms with Crippen LogP contribution in [0.15, 0.2) is 133 Å². The lowest BCUT2D eigenvalue weighted by molar-refractivity contribution is 0.0817. The Morgan fingerprint density at radius 3 is 0.947 bits per heavy atom. The molecule has 0 heterocycles. The van der Waals surface area contributed by atoms with E-state index in [4.69, 9.17) is 0 Å². The zero-order chi connectivity index (χ0) is 26.5. The average Bonchev–Trinajstić information content (AvgIpc) is 3.00. The molecule has 5 aromatic rings. The molecule has 0 N–H and O–H groups in total. The van der Waals surface area contributed by atoms with E-state index in [0.29, 0.717) is 22.3 Å². The maximum Gasteiger partial charge on any atom is 0.233 e. The molecule has 0 atom stereocenters. The molecule has 0 amide bonds. The van der Waals surface area contributed by atoms with Crippen LogP contribution in [0.3, 0.4) is 0 Å². The standard InChI is InChI=1S/C34H22O4/c35-31(25-8-3-1-4-9-25)33(37)27-18-14-23(15-19-27)29-12-7-13-30(22-29)24-16-20-28(21-17-24)34(38)32(36)26-10-5-2-6-11-26/h1-22H. The molecule has 0 aromatic heterocycles. The van der Waals surface area contributed by atoms with Crippen molar-refractivity contribution in [3.05, 3.63) is 156 Å². The third kappa shape index (κ3) is 5.15. The van der Waals surface area contributed by atoms with Gasteiger partial charge in [0.15, 0.2) is 0 Å². The number of hydrogen-bond donors (Lipinski definition) is 0. The predicted molar refractivity (Wildman–Crippen MR) is 148 cm³/mol. The van der Waals surface area contributed by atoms with Crippen molar-refractivity contribution in [3.8, 4) is 22.3 Å². The van der Waals surface area contributed by atoms with Gasteiger partial charge in [-0.05, 0) is 28.3 Å². The van der Waals surface area contributed by atoms with Gasteiger partial charge in [-0.1, -0.05) is 127 Å². The number of rotatable bonds is 8. The summed E-state index contributed by atoms with van der Waals surface area (Å²) in [7, 11) is 0. The van der Waals surface area contributed by atoms with E-state index >= 15 is 0 Å². The van der Waals surface area contributed by atoms with Crippen molar-refractivity contribution >= 4 is 23.1 Å². The van der Waals surface area contributed by atoms with Crippen molar-refractivity contribution in [2.45, 2.75) is 0 Å². The SMILES string of the molecule is O=C(C(=O)c1ccc(-c2cccc(-c3ccc(C(=O)C(=O)c4ccccc4)cc3)c2)cc1)c1ccccc1. The van der Waals surface area contributed by atoms with Gasteiger partial charge in [-0.25, -0.2) is 0 Å². The van der Waals surface area contributed by atoms with E-state index in [1.807, 2.05) is 48.5 Å². The van der Waals surface area contributed by atoms with Gasteiger partial charge in [0.25, 0.3) is 0 Å². The summed E-state index contributed by atoms with van der Waals surface area (Å²) in [6.45, 7) is 0. The van der Waals surface area contributed by atoms with Crippen LogP contribution in [-0.4, -0.2) is 23.1 Å². The summed E-state index contributed by atoms with van der Waals surface area (Å²) < 4.78 is 0. The molecule has 0 aliphatic rings. The van der Waals surface area contributed by atoms with Crippen LogP contribution < -0.4 is 0 Å². The number of benzene rings is 5. The fraction of sp³-hybridized carbons (Fsp3) is 0. The highest BCUT2D eigenvalue weighted by Crippen LogP contribution is 2.27. The Morgan fingerprint density at radius 2 is 0.605 bits per heavy atom. The topological polar surface area (TPSA) is 68.3 Å². The number of ketones is 4. The summed E-state index contributed by atoms with van der Waals surface area (Å²) >= 11 is 0. The maximum absolute atomic E-state index is 12.6. The molecule has 38 heavy (non-hydrogen) atoms. The highest BCUT2D eigenvalue weighted by atomic mass is 16.2. The average molecular weight is 495 g/mol. The van der Waals surface area contributed by atoms with Crippen molar-refractivity contribution in [2.75, 3.05) is 0 Å². The molecule has 0 bridgehead atoms. The smallest absolute Gasteiger partial charge is 0.233 e. The van der Waals surface area contributed by atoms with Crippen molar-refractivity contribution < 1.29 is 19.2 Å². The van der Waals surface area contributed by atoms with Gasteiger partial charge in [0, 0.05) is 22.3 Å². The van der Waals surface area contributed by atoms with Crippen molar-refractivity contribution in [1.29, 1.82) is 0 Å². The predicted octanol–water partition coefficient (Wildman–Crippen LogP) is 7.15. The molecule has 0 aliphatic heterocycles. The van der Waals surface area contributed by atoms with Crippen LogP contribution in [0.25, 0.3) is 22.3 Å². The molecule has 4 nitrogen and oxygen atoms in total. The fourth-order valence-corrected chi connectivity index (χ4v) is 4.21. The van der Waals surface area contributed by atoms with Crippen LogP contribution in [0.1, 0.15) is 41.4 Å². The molecule has 0 spiro atoms. The summed E-state index contributed by atoms with van der Waals surface area (Å²) in [6.07, 6.45) is 0. The number of hydrogen-bond acceptors (Lipinski definition) is 4. The normalized spacial score (nSPS) is 10.5. The van der Waals surface area contributed by atoms with E-state index in [-0.39, 0.29) is 0 Å². The van der Waals surface area contributed by atoms with E-state index in [1.165, 1.54) is 0 Å². The van der Waals surface area contributed by atoms with Crippen LogP contribution in [0.2, 0.25) is 0 Å². The number of Topliss-reactive ketones (excluding diaryl/α,β-unsaturated/α-hetero) is 4. The van der Waals surface area contributed by atoms with Crippen molar-refractivity contribution in [1.82, 2.24) is 0 Å². The van der Waals surface area contributed by atoms with E-state index in [2.05, 4.69) is 0 Å². The zero-order valence-electron chi connectivity index (χ0n) is 20.3. The van der Waals surface area contributed by atoms with Crippen LogP contribution in [0.5, 0.6) is 0 Å². The minimum absolute atomic E-state index is 0.337. The molecule has 0 saturated carbocycles. The summed E-state index contributed by atoms with van der Waals surface area (Å²) in [6, 6.07) is 38.8. The molecular weight excluding hydrogens is 472 g/mol. The van der Waals surface area contributed by atoms with Gasteiger partial charge in [-0.3, -0.25) is 19.2 Å². The van der Waals surface area contributed by atoms with E-state index in [0.717, 1.165) is 22.3 Å². The second-order valence-electron chi connectivity index (χ2n) is 8.78. The Labute approximate surface area is 220 Å². The van der Waals surface area contributed by atoms with Gasteiger partial charge in [0.05, 0.1) is 0 Å². The first-order chi connectivity index (χ1) is 18.5. The van der Waals surface area contributed by atoms with Gasteiger partial charge in [0.1, 0.15) is 0 Å². The van der Waals surface area contributed by atoms with Gasteiger partial charge < -0.3 is 0 Å². The van der Waals surface area contributed by atoms with Gasteiger partial charge in [-0.15, -0.1) is 0 Å². The van der Waals surface area contributed by atoms with E-state index < -0.39 is 23.1 Å². The lowest BCUT2D eigenvalue weighted by Gasteiger charge is -2.08. The Balaban J connectivity index is 1.33. The Kier molecular flexibility index (Phi) is 6.96. The van der Waals surface area contributed by atoms with E-state index in [1.54, 1.807) is 84.9 Å². The lowest BCUT2D eigenvalue weighted by atomic mass is 9.95. The minimum atomic E-state index is -0.545. The molecule has 0 radical (unpaired) electrons. The first-order valence-corrected chi connectivity index (χ1v) is 12.1. The lowest BCUT2D eigenvalue weighted by Crippen LogP contribution is -2.14. The Bertz CT molecular complexity index is 1510. The number of carbonyl (C=O) groups is 4. The molecule has 5 rings (SSSR count). The van der Waals surface area contributed by atoms with Crippen LogP contribution in [-0.2, 0) is 0 Å². The summed E-state index contributed by atoms with van der Waals surface area (Å²) in [5.74, 6) is -2.16. The number of carbonyl (C=O) groups excluding carboxylic acids is 4. The third-order valence-electron chi connectivity index (χ3n) is 6.31.